The molecule has 4 rings (SSSR count). The molecular formula is C18H16N6O3S. The average molecular weight is 396 g/mol. The number of carbonyl (C=O) groups is 1. The van der Waals surface area contributed by atoms with Crippen LogP contribution in [0.4, 0.5) is 17.6 Å². The molecule has 0 atom stereocenters. The Balaban J connectivity index is 1.63. The maximum atomic E-state index is 12.7. The first kappa shape index (κ1) is 17.9. The third kappa shape index (κ3) is 3.14. The number of fused-ring (bicyclic) bond motifs is 1. The SMILES string of the molecule is Cc1ccc(Nc2nc(N)nc(CN3C(=O)c4ccccc4S3(=O)=O)n2)cc1. The number of nitrogens with two attached hydrogens (primary N) is 1. The predicted octanol–water partition coefficient (Wildman–Crippen LogP) is 1.85. The van der Waals surface area contributed by atoms with Crippen molar-refractivity contribution >= 4 is 33.5 Å². The van der Waals surface area contributed by atoms with E-state index in [2.05, 4.69) is 20.3 Å². The van der Waals surface area contributed by atoms with Crippen molar-refractivity contribution in [3.05, 3.63) is 65.5 Å². The van der Waals surface area contributed by atoms with E-state index < -0.39 is 15.9 Å². The van der Waals surface area contributed by atoms with E-state index >= 15 is 0 Å². The van der Waals surface area contributed by atoms with Gasteiger partial charge in [-0.25, -0.2) is 12.7 Å². The van der Waals surface area contributed by atoms with Gasteiger partial charge in [0.1, 0.15) is 4.90 Å². The fraction of sp³-hybridized carbons (Fsp3) is 0.111. The number of aromatic nitrogens is 3. The van der Waals surface area contributed by atoms with Crippen LogP contribution in [-0.4, -0.2) is 33.6 Å². The van der Waals surface area contributed by atoms with Crippen molar-refractivity contribution in [2.24, 2.45) is 0 Å². The number of aryl methyl sites for hydroxylation is 1. The quantitative estimate of drug-likeness (QED) is 0.683. The fourth-order valence-corrected chi connectivity index (χ4v) is 4.37. The minimum absolute atomic E-state index is 0.0277. The Morgan fingerprint density at radius 1 is 1.04 bits per heavy atom. The largest absolute Gasteiger partial charge is 0.368 e. The molecule has 10 heteroatoms. The number of anilines is 3. The van der Waals surface area contributed by atoms with E-state index in [0.717, 1.165) is 15.6 Å². The minimum Gasteiger partial charge on any atom is -0.368 e. The lowest BCUT2D eigenvalue weighted by atomic mass is 10.2. The lowest BCUT2D eigenvalue weighted by Crippen LogP contribution is -2.30. The van der Waals surface area contributed by atoms with Gasteiger partial charge in [0.15, 0.2) is 5.82 Å². The summed E-state index contributed by atoms with van der Waals surface area (Å²) in [5.41, 5.74) is 7.70. The molecule has 2 heterocycles. The van der Waals surface area contributed by atoms with Crippen molar-refractivity contribution in [2.75, 3.05) is 11.1 Å². The van der Waals surface area contributed by atoms with Gasteiger partial charge < -0.3 is 11.1 Å². The highest BCUT2D eigenvalue weighted by Gasteiger charge is 2.41. The summed E-state index contributed by atoms with van der Waals surface area (Å²) in [4.78, 5) is 24.7. The zero-order valence-electron chi connectivity index (χ0n) is 14.8. The zero-order valence-corrected chi connectivity index (χ0v) is 15.6. The summed E-state index contributed by atoms with van der Waals surface area (Å²) >= 11 is 0. The first-order chi connectivity index (χ1) is 13.3. The molecule has 142 valence electrons. The second-order valence-corrected chi connectivity index (χ2v) is 8.07. The highest BCUT2D eigenvalue weighted by atomic mass is 32.2. The molecule has 0 unspecified atom stereocenters. The summed E-state index contributed by atoms with van der Waals surface area (Å²) < 4.78 is 26.1. The van der Waals surface area contributed by atoms with Crippen LogP contribution >= 0.6 is 0 Å². The number of carbonyl (C=O) groups excluding carboxylic acids is 1. The van der Waals surface area contributed by atoms with Gasteiger partial charge in [0.05, 0.1) is 12.1 Å². The monoisotopic (exact) mass is 396 g/mol. The van der Waals surface area contributed by atoms with Crippen molar-refractivity contribution in [3.63, 3.8) is 0 Å². The van der Waals surface area contributed by atoms with Crippen LogP contribution in [-0.2, 0) is 16.6 Å². The van der Waals surface area contributed by atoms with Crippen molar-refractivity contribution < 1.29 is 13.2 Å². The molecule has 0 spiro atoms. The van der Waals surface area contributed by atoms with Crippen LogP contribution in [0.15, 0.2) is 53.4 Å². The first-order valence-corrected chi connectivity index (χ1v) is 9.79. The predicted molar refractivity (Wildman–Crippen MR) is 102 cm³/mol. The van der Waals surface area contributed by atoms with Gasteiger partial charge in [0.2, 0.25) is 11.9 Å². The van der Waals surface area contributed by atoms with Gasteiger partial charge in [-0.1, -0.05) is 29.8 Å². The van der Waals surface area contributed by atoms with Crippen molar-refractivity contribution in [3.8, 4) is 0 Å². The third-order valence-electron chi connectivity index (χ3n) is 4.20. The maximum absolute atomic E-state index is 12.7. The summed E-state index contributed by atoms with van der Waals surface area (Å²) in [6.45, 7) is 1.62. The molecule has 1 amide bonds. The molecule has 0 bridgehead atoms. The number of rotatable bonds is 4. The smallest absolute Gasteiger partial charge is 0.269 e. The second-order valence-electron chi connectivity index (χ2n) is 6.24. The van der Waals surface area contributed by atoms with Crippen LogP contribution < -0.4 is 11.1 Å². The van der Waals surface area contributed by atoms with E-state index in [1.54, 1.807) is 12.1 Å². The van der Waals surface area contributed by atoms with Gasteiger partial charge in [0, 0.05) is 5.69 Å². The van der Waals surface area contributed by atoms with Gasteiger partial charge >= 0.3 is 0 Å². The molecule has 3 aromatic rings. The molecule has 0 saturated carbocycles. The molecule has 3 N–H and O–H groups in total. The Hall–Kier alpha value is -3.53. The van der Waals surface area contributed by atoms with Crippen LogP contribution in [0.25, 0.3) is 0 Å². The summed E-state index contributed by atoms with van der Waals surface area (Å²) in [6, 6.07) is 13.6. The number of nitrogens with zero attached hydrogens (tertiary/aromatic N) is 4. The van der Waals surface area contributed by atoms with Gasteiger partial charge in [-0.2, -0.15) is 15.0 Å². The number of benzene rings is 2. The number of hydrogen-bond donors (Lipinski definition) is 2. The number of hydrogen-bond acceptors (Lipinski definition) is 8. The van der Waals surface area contributed by atoms with E-state index in [-0.39, 0.29) is 34.7 Å². The van der Waals surface area contributed by atoms with Crippen molar-refractivity contribution in [2.45, 2.75) is 18.4 Å². The Bertz CT molecular complexity index is 1180. The van der Waals surface area contributed by atoms with Crippen LogP contribution in [0.3, 0.4) is 0 Å². The normalized spacial score (nSPS) is 14.8. The molecule has 0 radical (unpaired) electrons. The summed E-state index contributed by atoms with van der Waals surface area (Å²) in [6.07, 6.45) is 0. The van der Waals surface area contributed by atoms with Gasteiger partial charge in [0.25, 0.3) is 15.9 Å². The molecule has 0 aliphatic carbocycles. The van der Waals surface area contributed by atoms with E-state index in [0.29, 0.717) is 0 Å². The number of sulfonamides is 1. The standard InChI is InChI=1S/C18H16N6O3S/c1-11-6-8-12(9-7-11)20-18-22-15(21-17(19)23-18)10-24-16(25)13-4-2-3-5-14(13)28(24,26)27/h2-9H,10H2,1H3,(H3,19,20,21,22,23). The van der Waals surface area contributed by atoms with Crippen LogP contribution in [0.5, 0.6) is 0 Å². The lowest BCUT2D eigenvalue weighted by molar-refractivity contribution is 0.0862. The lowest BCUT2D eigenvalue weighted by Gasteiger charge is -2.14. The van der Waals surface area contributed by atoms with Gasteiger partial charge in [-0.05, 0) is 31.2 Å². The van der Waals surface area contributed by atoms with E-state index in [1.165, 1.54) is 12.1 Å². The molecule has 9 nitrogen and oxygen atoms in total. The second kappa shape index (κ2) is 6.57. The molecule has 1 aliphatic heterocycles. The van der Waals surface area contributed by atoms with E-state index in [1.807, 2.05) is 31.2 Å². The molecule has 0 fully saturated rings. The van der Waals surface area contributed by atoms with E-state index in [4.69, 9.17) is 5.73 Å². The zero-order chi connectivity index (χ0) is 19.9. The van der Waals surface area contributed by atoms with Crippen molar-refractivity contribution in [1.82, 2.24) is 19.3 Å². The number of nitrogens with one attached hydrogen (secondary N) is 1. The molecular weight excluding hydrogens is 380 g/mol. The van der Waals surface area contributed by atoms with Crippen LogP contribution in [0.1, 0.15) is 21.7 Å². The Morgan fingerprint density at radius 3 is 2.46 bits per heavy atom. The molecule has 1 aliphatic rings. The highest BCUT2D eigenvalue weighted by molar-refractivity contribution is 7.90. The number of amides is 1. The molecule has 1 aromatic heterocycles. The average Bonchev–Trinajstić information content (AvgIpc) is 2.84. The van der Waals surface area contributed by atoms with Crippen molar-refractivity contribution in [1.29, 1.82) is 0 Å². The fourth-order valence-electron chi connectivity index (χ4n) is 2.85. The molecule has 2 aromatic carbocycles. The molecule has 28 heavy (non-hydrogen) atoms. The Morgan fingerprint density at radius 2 is 1.75 bits per heavy atom. The summed E-state index contributed by atoms with van der Waals surface area (Å²) in [7, 11) is -3.96. The Kier molecular flexibility index (Phi) is 4.19. The minimum atomic E-state index is -3.96. The van der Waals surface area contributed by atoms with Gasteiger partial charge in [-0.3, -0.25) is 4.79 Å². The summed E-state index contributed by atoms with van der Waals surface area (Å²) in [5.74, 6) is -0.483. The first-order valence-electron chi connectivity index (χ1n) is 8.35. The topological polar surface area (TPSA) is 131 Å². The summed E-state index contributed by atoms with van der Waals surface area (Å²) in [5, 5.41) is 2.99. The van der Waals surface area contributed by atoms with Crippen LogP contribution in [0, 0.1) is 6.92 Å². The van der Waals surface area contributed by atoms with Gasteiger partial charge in [-0.15, -0.1) is 0 Å². The highest BCUT2D eigenvalue weighted by Crippen LogP contribution is 2.31. The Labute approximate surface area is 161 Å². The van der Waals surface area contributed by atoms with Crippen LogP contribution in [0.2, 0.25) is 0 Å². The molecule has 0 saturated heterocycles. The number of nitrogen functional groups attached to an aromatic ring is 1. The maximum Gasteiger partial charge on any atom is 0.269 e. The van der Waals surface area contributed by atoms with E-state index in [9.17, 15) is 13.2 Å². The third-order valence-corrected chi connectivity index (χ3v) is 5.99.